The predicted octanol–water partition coefficient (Wildman–Crippen LogP) is 4.87. The lowest BCUT2D eigenvalue weighted by Crippen LogP contribution is -2.50. The van der Waals surface area contributed by atoms with Crippen molar-refractivity contribution in [3.8, 4) is 0 Å². The van der Waals surface area contributed by atoms with Crippen molar-refractivity contribution in [2.75, 3.05) is 6.26 Å². The lowest BCUT2D eigenvalue weighted by Gasteiger charge is -2.43. The molecule has 0 aliphatic heterocycles. The molecule has 0 spiro atoms. The van der Waals surface area contributed by atoms with Gasteiger partial charge in [-0.2, -0.15) is 0 Å². The molecular weight excluding hydrogens is 314 g/mol. The number of nitrogens with one attached hydrogen (secondary N) is 1. The lowest BCUT2D eigenvalue weighted by molar-refractivity contribution is 0.0823. The van der Waals surface area contributed by atoms with E-state index in [4.69, 9.17) is 11.6 Å². The molecule has 0 unspecified atom stereocenters. The van der Waals surface area contributed by atoms with Crippen molar-refractivity contribution in [3.05, 3.63) is 64.7 Å². The number of halogens is 1. The summed E-state index contributed by atoms with van der Waals surface area (Å²) in [7, 11) is 0. The molecule has 2 aromatic carbocycles. The van der Waals surface area contributed by atoms with E-state index < -0.39 is 0 Å². The summed E-state index contributed by atoms with van der Waals surface area (Å²) in [6, 6.07) is 15.8. The molecule has 1 fully saturated rings. The maximum absolute atomic E-state index is 12.7. The molecule has 3 rings (SSSR count). The minimum atomic E-state index is -0.239. The van der Waals surface area contributed by atoms with E-state index in [9.17, 15) is 4.79 Å². The van der Waals surface area contributed by atoms with Gasteiger partial charge in [0, 0.05) is 4.90 Å². The van der Waals surface area contributed by atoms with Crippen molar-refractivity contribution >= 4 is 29.3 Å². The van der Waals surface area contributed by atoms with Crippen molar-refractivity contribution in [1.29, 1.82) is 0 Å². The van der Waals surface area contributed by atoms with Crippen LogP contribution in [0.1, 0.15) is 35.2 Å². The second-order valence-electron chi connectivity index (χ2n) is 5.60. The highest BCUT2D eigenvalue weighted by Crippen LogP contribution is 2.41. The number of hydrogen-bond acceptors (Lipinski definition) is 2. The number of benzene rings is 2. The molecule has 114 valence electrons. The van der Waals surface area contributed by atoms with Crippen LogP contribution in [0, 0.1) is 0 Å². The number of amides is 1. The number of hydrogen-bond donors (Lipinski definition) is 1. The van der Waals surface area contributed by atoms with Gasteiger partial charge in [-0.15, -0.1) is 11.8 Å². The van der Waals surface area contributed by atoms with Gasteiger partial charge in [-0.3, -0.25) is 4.79 Å². The van der Waals surface area contributed by atoms with Crippen molar-refractivity contribution in [2.45, 2.75) is 29.7 Å². The van der Waals surface area contributed by atoms with E-state index in [1.165, 1.54) is 5.56 Å². The summed E-state index contributed by atoms with van der Waals surface area (Å²) in [5.74, 6) is -0.0931. The summed E-state index contributed by atoms with van der Waals surface area (Å²) in [5.41, 5.74) is 1.49. The average molecular weight is 332 g/mol. The summed E-state index contributed by atoms with van der Waals surface area (Å²) < 4.78 is 0. The number of carbonyl (C=O) groups excluding carboxylic acids is 1. The average Bonchev–Trinajstić information content (AvgIpc) is 2.52. The minimum absolute atomic E-state index is 0.0931. The monoisotopic (exact) mass is 331 g/mol. The number of carbonyl (C=O) groups is 1. The second kappa shape index (κ2) is 6.35. The molecule has 0 radical (unpaired) electrons. The number of rotatable bonds is 4. The van der Waals surface area contributed by atoms with Gasteiger partial charge in [0.05, 0.1) is 16.1 Å². The van der Waals surface area contributed by atoms with Crippen molar-refractivity contribution in [3.63, 3.8) is 0 Å². The Balaban J connectivity index is 1.87. The highest BCUT2D eigenvalue weighted by Gasteiger charge is 2.40. The van der Waals surface area contributed by atoms with Crippen LogP contribution < -0.4 is 5.32 Å². The first-order valence-electron chi connectivity index (χ1n) is 7.36. The summed E-state index contributed by atoms with van der Waals surface area (Å²) in [6.45, 7) is 0. The van der Waals surface area contributed by atoms with Crippen LogP contribution in [0.25, 0.3) is 0 Å². The van der Waals surface area contributed by atoms with Gasteiger partial charge < -0.3 is 5.32 Å². The maximum Gasteiger partial charge on any atom is 0.253 e. The van der Waals surface area contributed by atoms with Gasteiger partial charge in [-0.1, -0.05) is 41.9 Å². The van der Waals surface area contributed by atoms with Gasteiger partial charge in [-0.05, 0) is 49.3 Å². The number of thioether (sulfide) groups is 1. The quantitative estimate of drug-likeness (QED) is 0.810. The van der Waals surface area contributed by atoms with Crippen molar-refractivity contribution in [2.24, 2.45) is 0 Å². The molecule has 2 nitrogen and oxygen atoms in total. The van der Waals surface area contributed by atoms with E-state index in [1.54, 1.807) is 17.8 Å². The molecule has 2 aromatic rings. The first-order valence-corrected chi connectivity index (χ1v) is 8.96. The Bertz CT molecular complexity index is 683. The van der Waals surface area contributed by atoms with Gasteiger partial charge in [0.15, 0.2) is 0 Å². The molecular formula is C18H18ClNOS. The molecule has 0 atom stereocenters. The summed E-state index contributed by atoms with van der Waals surface area (Å²) in [4.78, 5) is 13.7. The van der Waals surface area contributed by atoms with Crippen LogP contribution >= 0.6 is 23.4 Å². The Kier molecular flexibility index (Phi) is 4.46. The van der Waals surface area contributed by atoms with Gasteiger partial charge in [-0.25, -0.2) is 0 Å². The molecule has 0 heterocycles. The lowest BCUT2D eigenvalue weighted by atomic mass is 9.71. The normalized spacial score (nSPS) is 15.9. The molecule has 22 heavy (non-hydrogen) atoms. The fraction of sp³-hybridized carbons (Fsp3) is 0.278. The summed E-state index contributed by atoms with van der Waals surface area (Å²) in [5, 5.41) is 3.72. The van der Waals surface area contributed by atoms with E-state index in [1.807, 2.05) is 36.6 Å². The second-order valence-corrected chi connectivity index (χ2v) is 6.89. The molecule has 4 heteroatoms. The first-order chi connectivity index (χ1) is 10.6. The third-order valence-corrected chi connectivity index (χ3v) is 5.36. The maximum atomic E-state index is 12.7. The first kappa shape index (κ1) is 15.4. The van der Waals surface area contributed by atoms with E-state index in [0.29, 0.717) is 10.6 Å². The molecule has 1 N–H and O–H groups in total. The zero-order valence-corrected chi connectivity index (χ0v) is 14.0. The smallest absolute Gasteiger partial charge is 0.253 e. The molecule has 1 saturated carbocycles. The Hall–Kier alpha value is -1.45. The third kappa shape index (κ3) is 2.88. The van der Waals surface area contributed by atoms with Gasteiger partial charge in [0.2, 0.25) is 0 Å². The van der Waals surface area contributed by atoms with Crippen molar-refractivity contribution < 1.29 is 4.79 Å². The molecule has 0 saturated heterocycles. The Morgan fingerprint density at radius 3 is 2.50 bits per heavy atom. The van der Waals surface area contributed by atoms with E-state index in [2.05, 4.69) is 17.4 Å². The highest BCUT2D eigenvalue weighted by atomic mass is 35.5. The fourth-order valence-corrected chi connectivity index (χ4v) is 3.51. The topological polar surface area (TPSA) is 29.1 Å². The van der Waals surface area contributed by atoms with Crippen LogP contribution in [0.4, 0.5) is 0 Å². The molecule has 1 aliphatic rings. The van der Waals surface area contributed by atoms with E-state index >= 15 is 0 Å². The molecule has 0 bridgehead atoms. The standard InChI is InChI=1S/C18H18ClNOS/c1-22-14-8-9-16(19)15(12-14)17(21)20-18(10-5-11-18)13-6-3-2-4-7-13/h2-4,6-9,12H,5,10-11H2,1H3,(H,20,21). The van der Waals surface area contributed by atoms with Crippen LogP contribution in [0.15, 0.2) is 53.4 Å². The summed E-state index contributed by atoms with van der Waals surface area (Å²) in [6.07, 6.45) is 5.07. The van der Waals surface area contributed by atoms with Gasteiger partial charge in [0.1, 0.15) is 0 Å². The van der Waals surface area contributed by atoms with Gasteiger partial charge in [0.25, 0.3) is 5.91 Å². The Morgan fingerprint density at radius 2 is 1.91 bits per heavy atom. The predicted molar refractivity (Wildman–Crippen MR) is 92.7 cm³/mol. The highest BCUT2D eigenvalue weighted by molar-refractivity contribution is 7.98. The summed E-state index contributed by atoms with van der Waals surface area (Å²) >= 11 is 7.82. The van der Waals surface area contributed by atoms with Crippen LogP contribution in [0.5, 0.6) is 0 Å². The minimum Gasteiger partial charge on any atom is -0.342 e. The van der Waals surface area contributed by atoms with Crippen molar-refractivity contribution in [1.82, 2.24) is 5.32 Å². The van der Waals surface area contributed by atoms with E-state index in [-0.39, 0.29) is 11.4 Å². The van der Waals surface area contributed by atoms with Gasteiger partial charge >= 0.3 is 0 Å². The Labute approximate surface area is 140 Å². The SMILES string of the molecule is CSc1ccc(Cl)c(C(=O)NC2(c3ccccc3)CCC2)c1. The van der Waals surface area contributed by atoms with Crippen LogP contribution in [-0.4, -0.2) is 12.2 Å². The third-order valence-electron chi connectivity index (χ3n) is 4.30. The molecule has 1 aliphatic carbocycles. The van der Waals surface area contributed by atoms with Crippen LogP contribution in [0.3, 0.4) is 0 Å². The fourth-order valence-electron chi connectivity index (χ4n) is 2.86. The molecule has 1 amide bonds. The zero-order valence-electron chi connectivity index (χ0n) is 12.4. The van der Waals surface area contributed by atoms with Crippen LogP contribution in [0.2, 0.25) is 5.02 Å². The largest absolute Gasteiger partial charge is 0.342 e. The van der Waals surface area contributed by atoms with Crippen LogP contribution in [-0.2, 0) is 5.54 Å². The zero-order chi connectivity index (χ0) is 15.6. The Morgan fingerprint density at radius 1 is 1.18 bits per heavy atom. The molecule has 0 aromatic heterocycles. The van der Waals surface area contributed by atoms with E-state index in [0.717, 1.165) is 24.2 Å².